The minimum atomic E-state index is -0.305. The van der Waals surface area contributed by atoms with Crippen LogP contribution in [0, 0.1) is 0 Å². The molecule has 140 valence electrons. The Balaban J connectivity index is 1.78. The normalized spacial score (nSPS) is 11.0. The number of nitrogens with zero attached hydrogens (tertiary/aromatic N) is 1. The Kier molecular flexibility index (Phi) is 8.50. The summed E-state index contributed by atoms with van der Waals surface area (Å²) in [6, 6.07) is 16.6. The summed E-state index contributed by atoms with van der Waals surface area (Å²) in [5.74, 6) is -0.310. The molecule has 2 aromatic carbocycles. The third-order valence-electron chi connectivity index (χ3n) is 3.85. The molecule has 2 N–H and O–H groups in total. The third kappa shape index (κ3) is 7.69. The summed E-state index contributed by atoms with van der Waals surface area (Å²) in [5, 5.41) is 6.73. The Morgan fingerprint density at radius 2 is 1.74 bits per heavy atom. The average Bonchev–Trinajstić information content (AvgIpc) is 2.69. The molecule has 0 heterocycles. The Hall–Kier alpha value is -3.21. The van der Waals surface area contributed by atoms with Gasteiger partial charge in [0.1, 0.15) is 0 Å². The number of allylic oxidation sites excluding steroid dienone is 1. The Morgan fingerprint density at radius 1 is 1.00 bits per heavy atom. The van der Waals surface area contributed by atoms with Crippen LogP contribution in [0.25, 0.3) is 6.08 Å². The Bertz CT molecular complexity index is 781. The van der Waals surface area contributed by atoms with Gasteiger partial charge in [-0.05, 0) is 42.3 Å². The number of benzene rings is 2. The zero-order valence-electron chi connectivity index (χ0n) is 15.5. The SMILES string of the molecule is CCCCCC(=O)Nc1ccc(C(=O)N/N=C\C=C\c2ccccc2)cc1. The molecule has 0 spiro atoms. The molecule has 0 radical (unpaired) electrons. The fourth-order valence-electron chi connectivity index (χ4n) is 2.39. The number of rotatable bonds is 9. The van der Waals surface area contributed by atoms with Crippen LogP contribution in [0.5, 0.6) is 0 Å². The van der Waals surface area contributed by atoms with Crippen LogP contribution < -0.4 is 10.7 Å². The van der Waals surface area contributed by atoms with Crippen molar-refractivity contribution in [3.63, 3.8) is 0 Å². The summed E-state index contributed by atoms with van der Waals surface area (Å²) in [6.07, 6.45) is 8.71. The van der Waals surface area contributed by atoms with Gasteiger partial charge in [-0.1, -0.05) is 56.2 Å². The maximum absolute atomic E-state index is 12.0. The van der Waals surface area contributed by atoms with E-state index in [1.807, 2.05) is 36.4 Å². The van der Waals surface area contributed by atoms with Crippen molar-refractivity contribution < 1.29 is 9.59 Å². The van der Waals surface area contributed by atoms with E-state index in [4.69, 9.17) is 0 Å². The molecule has 2 aromatic rings. The summed E-state index contributed by atoms with van der Waals surface area (Å²) in [6.45, 7) is 2.10. The fourth-order valence-corrected chi connectivity index (χ4v) is 2.39. The number of hydrazone groups is 1. The summed E-state index contributed by atoms with van der Waals surface area (Å²) in [4.78, 5) is 23.8. The van der Waals surface area contributed by atoms with E-state index in [1.54, 1.807) is 30.3 Å². The quantitative estimate of drug-likeness (QED) is 0.387. The van der Waals surface area contributed by atoms with Crippen molar-refractivity contribution in [3.8, 4) is 0 Å². The molecule has 0 saturated heterocycles. The van der Waals surface area contributed by atoms with E-state index in [0.29, 0.717) is 17.7 Å². The van der Waals surface area contributed by atoms with Gasteiger partial charge >= 0.3 is 0 Å². The number of carbonyl (C=O) groups is 2. The predicted molar refractivity (Wildman–Crippen MR) is 111 cm³/mol. The number of anilines is 1. The predicted octanol–water partition coefficient (Wildman–Crippen LogP) is 4.63. The van der Waals surface area contributed by atoms with Crippen LogP contribution in [-0.4, -0.2) is 18.0 Å². The summed E-state index contributed by atoms with van der Waals surface area (Å²) in [5.41, 5.74) is 4.69. The second-order valence-corrected chi connectivity index (χ2v) is 6.07. The van der Waals surface area contributed by atoms with Crippen molar-refractivity contribution in [2.75, 3.05) is 5.32 Å². The molecule has 0 aliphatic heterocycles. The first-order valence-electron chi connectivity index (χ1n) is 9.14. The van der Waals surface area contributed by atoms with E-state index in [-0.39, 0.29) is 11.8 Å². The van der Waals surface area contributed by atoms with E-state index in [2.05, 4.69) is 22.8 Å². The van der Waals surface area contributed by atoms with Gasteiger partial charge in [-0.25, -0.2) is 5.43 Å². The smallest absolute Gasteiger partial charge is 0.271 e. The van der Waals surface area contributed by atoms with Gasteiger partial charge in [0.15, 0.2) is 0 Å². The van der Waals surface area contributed by atoms with Crippen molar-refractivity contribution in [1.82, 2.24) is 5.43 Å². The second-order valence-electron chi connectivity index (χ2n) is 6.07. The first-order valence-corrected chi connectivity index (χ1v) is 9.14. The standard InChI is InChI=1S/C22H25N3O2/c1-2-3-5-12-21(26)24-20-15-13-19(14-16-20)22(27)25-23-17-8-11-18-9-6-4-7-10-18/h4,6-11,13-17H,2-3,5,12H2,1H3,(H,24,26)(H,25,27)/b11-8+,23-17-. The number of hydrogen-bond acceptors (Lipinski definition) is 3. The summed E-state index contributed by atoms with van der Waals surface area (Å²) < 4.78 is 0. The highest BCUT2D eigenvalue weighted by molar-refractivity contribution is 5.96. The molecule has 0 fully saturated rings. The highest BCUT2D eigenvalue weighted by Gasteiger charge is 2.05. The number of carbonyl (C=O) groups excluding carboxylic acids is 2. The largest absolute Gasteiger partial charge is 0.326 e. The van der Waals surface area contributed by atoms with E-state index in [1.165, 1.54) is 6.21 Å². The first-order chi connectivity index (χ1) is 13.2. The fraction of sp³-hybridized carbons (Fsp3) is 0.227. The minimum absolute atomic E-state index is 0.00421. The maximum atomic E-state index is 12.0. The van der Waals surface area contributed by atoms with Gasteiger partial charge in [-0.2, -0.15) is 5.10 Å². The first kappa shape index (κ1) is 20.1. The molecule has 0 saturated carbocycles. The van der Waals surface area contributed by atoms with Crippen LogP contribution in [-0.2, 0) is 4.79 Å². The lowest BCUT2D eigenvalue weighted by Crippen LogP contribution is -2.17. The highest BCUT2D eigenvalue weighted by atomic mass is 16.2. The van der Waals surface area contributed by atoms with Crippen LogP contribution in [0.15, 0.2) is 65.8 Å². The van der Waals surface area contributed by atoms with Gasteiger partial charge in [0.25, 0.3) is 5.91 Å². The van der Waals surface area contributed by atoms with Crippen LogP contribution in [0.4, 0.5) is 5.69 Å². The minimum Gasteiger partial charge on any atom is -0.326 e. The molecule has 0 atom stereocenters. The zero-order chi connectivity index (χ0) is 19.3. The van der Waals surface area contributed by atoms with Crippen molar-refractivity contribution in [2.24, 2.45) is 5.10 Å². The molecule has 0 unspecified atom stereocenters. The second kappa shape index (κ2) is 11.4. The third-order valence-corrected chi connectivity index (χ3v) is 3.85. The molecule has 0 aromatic heterocycles. The molecule has 0 aliphatic carbocycles. The van der Waals surface area contributed by atoms with Crippen LogP contribution in [0.1, 0.15) is 48.5 Å². The van der Waals surface area contributed by atoms with E-state index < -0.39 is 0 Å². The molecule has 0 aliphatic rings. The molecular weight excluding hydrogens is 338 g/mol. The van der Waals surface area contributed by atoms with Gasteiger partial charge in [0, 0.05) is 23.9 Å². The van der Waals surface area contributed by atoms with Crippen LogP contribution in [0.3, 0.4) is 0 Å². The van der Waals surface area contributed by atoms with E-state index >= 15 is 0 Å². The lowest BCUT2D eigenvalue weighted by molar-refractivity contribution is -0.116. The summed E-state index contributed by atoms with van der Waals surface area (Å²) >= 11 is 0. The van der Waals surface area contributed by atoms with Gasteiger partial charge in [-0.3, -0.25) is 9.59 Å². The number of hydrogen-bond donors (Lipinski definition) is 2. The Labute approximate surface area is 160 Å². The molecule has 27 heavy (non-hydrogen) atoms. The van der Waals surface area contributed by atoms with Gasteiger partial charge in [-0.15, -0.1) is 0 Å². The van der Waals surface area contributed by atoms with Crippen molar-refractivity contribution >= 4 is 29.8 Å². The zero-order valence-corrected chi connectivity index (χ0v) is 15.5. The molecule has 5 nitrogen and oxygen atoms in total. The molecular formula is C22H25N3O2. The monoisotopic (exact) mass is 363 g/mol. The number of nitrogens with one attached hydrogen (secondary N) is 2. The summed E-state index contributed by atoms with van der Waals surface area (Å²) in [7, 11) is 0. The van der Waals surface area contributed by atoms with Gasteiger partial charge in [0.2, 0.25) is 5.91 Å². The van der Waals surface area contributed by atoms with E-state index in [9.17, 15) is 9.59 Å². The van der Waals surface area contributed by atoms with Gasteiger partial charge in [0.05, 0.1) is 0 Å². The lowest BCUT2D eigenvalue weighted by atomic mass is 10.1. The Morgan fingerprint density at radius 3 is 2.44 bits per heavy atom. The molecule has 2 rings (SSSR count). The van der Waals surface area contributed by atoms with Crippen molar-refractivity contribution in [3.05, 3.63) is 71.8 Å². The highest BCUT2D eigenvalue weighted by Crippen LogP contribution is 2.11. The van der Waals surface area contributed by atoms with Crippen LogP contribution >= 0.6 is 0 Å². The van der Waals surface area contributed by atoms with Crippen molar-refractivity contribution in [2.45, 2.75) is 32.6 Å². The van der Waals surface area contributed by atoms with E-state index in [0.717, 1.165) is 24.8 Å². The number of unbranched alkanes of at least 4 members (excludes halogenated alkanes) is 2. The average molecular weight is 363 g/mol. The van der Waals surface area contributed by atoms with Crippen molar-refractivity contribution in [1.29, 1.82) is 0 Å². The number of amides is 2. The topological polar surface area (TPSA) is 70.6 Å². The maximum Gasteiger partial charge on any atom is 0.271 e. The molecule has 5 heteroatoms. The lowest BCUT2D eigenvalue weighted by Gasteiger charge is -2.06. The molecule has 2 amide bonds. The van der Waals surface area contributed by atoms with Crippen LogP contribution in [0.2, 0.25) is 0 Å². The van der Waals surface area contributed by atoms with Gasteiger partial charge < -0.3 is 5.32 Å². The molecule has 0 bridgehead atoms.